The van der Waals surface area contributed by atoms with Gasteiger partial charge in [0.2, 0.25) is 0 Å². The summed E-state index contributed by atoms with van der Waals surface area (Å²) >= 11 is 1.87. The van der Waals surface area contributed by atoms with Crippen molar-refractivity contribution in [2.24, 2.45) is 0 Å². The summed E-state index contributed by atoms with van der Waals surface area (Å²) in [6.45, 7) is 0. The van der Waals surface area contributed by atoms with Crippen molar-refractivity contribution in [3.8, 4) is 22.5 Å². The second-order valence-electron chi connectivity index (χ2n) is 13.7. The van der Waals surface area contributed by atoms with Gasteiger partial charge in [-0.25, -0.2) is 0 Å². The highest BCUT2D eigenvalue weighted by atomic mass is 32.1. The number of benzene rings is 8. The summed E-state index contributed by atoms with van der Waals surface area (Å²) in [5, 5.41) is 9.87. The number of nitrogens with zero attached hydrogens (tertiary/aromatic N) is 2. The van der Waals surface area contributed by atoms with E-state index in [-0.39, 0.29) is 0 Å². The second kappa shape index (κ2) is 10.5. The fraction of sp³-hybridized carbons (Fsp3) is 0. The fourth-order valence-electron chi connectivity index (χ4n) is 8.71. The minimum atomic E-state index is 0.900. The van der Waals surface area contributed by atoms with Crippen LogP contribution in [0.2, 0.25) is 0 Å². The molecular weight excluding hydrogens is 653 g/mol. The molecule has 3 nitrogen and oxygen atoms in total. The van der Waals surface area contributed by atoms with Gasteiger partial charge < -0.3 is 13.6 Å². The summed E-state index contributed by atoms with van der Waals surface area (Å²) in [6, 6.07) is 61.8. The number of hydrogen-bond donors (Lipinski definition) is 0. The first-order chi connectivity index (χ1) is 25.8. The lowest BCUT2D eigenvalue weighted by Gasteiger charge is -2.11. The maximum absolute atomic E-state index is 6.31. The van der Waals surface area contributed by atoms with E-state index in [9.17, 15) is 0 Å². The summed E-state index contributed by atoms with van der Waals surface area (Å²) in [5.74, 6) is 0. The number of para-hydroxylation sites is 3. The van der Waals surface area contributed by atoms with Gasteiger partial charge in [-0.05, 0) is 83.9 Å². The molecule has 0 fully saturated rings. The molecule has 0 radical (unpaired) electrons. The molecule has 12 rings (SSSR count). The average Bonchev–Trinajstić information content (AvgIpc) is 3.95. The van der Waals surface area contributed by atoms with Gasteiger partial charge in [0.15, 0.2) is 0 Å². The van der Waals surface area contributed by atoms with Crippen molar-refractivity contribution in [3.05, 3.63) is 170 Å². The minimum absolute atomic E-state index is 0.900. The minimum Gasteiger partial charge on any atom is -0.456 e. The zero-order chi connectivity index (χ0) is 33.9. The molecule has 4 heteroatoms. The van der Waals surface area contributed by atoms with E-state index >= 15 is 0 Å². The maximum atomic E-state index is 6.31. The molecule has 0 saturated heterocycles. The fourth-order valence-corrected chi connectivity index (χ4v) is 9.84. The van der Waals surface area contributed by atoms with Gasteiger partial charge in [0.05, 0.1) is 38.8 Å². The van der Waals surface area contributed by atoms with Crippen molar-refractivity contribution in [2.45, 2.75) is 0 Å². The Balaban J connectivity index is 1.08. The molecule has 12 aromatic rings. The molecule has 0 aliphatic carbocycles. The van der Waals surface area contributed by atoms with Crippen LogP contribution in [-0.4, -0.2) is 9.13 Å². The van der Waals surface area contributed by atoms with Crippen LogP contribution >= 0.6 is 11.3 Å². The quantitative estimate of drug-likeness (QED) is 0.182. The van der Waals surface area contributed by atoms with E-state index in [4.69, 9.17) is 4.42 Å². The summed E-state index contributed by atoms with van der Waals surface area (Å²) in [6.07, 6.45) is 0. The van der Waals surface area contributed by atoms with Crippen LogP contribution in [0.3, 0.4) is 0 Å². The standard InChI is InChI=1S/C48H28N2OS/c1-5-15-37-31(11-1)35-27-29(23-25-39(35)49(37)41-17-9-20-44-47(41)33-13-3-7-19-43(33)51-44)30-24-26-40-36(28-30)32-12-2-6-16-38(32)50(40)42-18-10-22-46-48(42)34-14-4-8-21-45(34)52-46/h1-28H. The van der Waals surface area contributed by atoms with E-state index in [1.54, 1.807) is 0 Å². The van der Waals surface area contributed by atoms with E-state index in [1.165, 1.54) is 80.6 Å². The molecule has 0 bridgehead atoms. The second-order valence-corrected chi connectivity index (χ2v) is 14.7. The number of rotatable bonds is 3. The van der Waals surface area contributed by atoms with Crippen molar-refractivity contribution in [1.29, 1.82) is 0 Å². The van der Waals surface area contributed by atoms with Gasteiger partial charge >= 0.3 is 0 Å². The van der Waals surface area contributed by atoms with E-state index in [0.29, 0.717) is 0 Å². The van der Waals surface area contributed by atoms with Crippen LogP contribution in [0.1, 0.15) is 0 Å². The lowest BCUT2D eigenvalue weighted by atomic mass is 10.0. The van der Waals surface area contributed by atoms with Crippen LogP contribution in [0.15, 0.2) is 174 Å². The third-order valence-electron chi connectivity index (χ3n) is 10.9. The van der Waals surface area contributed by atoms with Crippen molar-refractivity contribution >= 4 is 97.1 Å². The number of fused-ring (bicyclic) bond motifs is 12. The molecule has 8 aromatic carbocycles. The Labute approximate surface area is 301 Å². The molecule has 0 unspecified atom stereocenters. The Morgan fingerprint density at radius 1 is 0.346 bits per heavy atom. The lowest BCUT2D eigenvalue weighted by molar-refractivity contribution is 0.669. The monoisotopic (exact) mass is 680 g/mol. The lowest BCUT2D eigenvalue weighted by Crippen LogP contribution is -1.95. The number of furan rings is 1. The average molecular weight is 681 g/mol. The van der Waals surface area contributed by atoms with Crippen molar-refractivity contribution in [1.82, 2.24) is 9.13 Å². The van der Waals surface area contributed by atoms with Gasteiger partial charge in [-0.3, -0.25) is 0 Å². The molecule has 0 saturated carbocycles. The number of hydrogen-bond acceptors (Lipinski definition) is 2. The highest BCUT2D eigenvalue weighted by Gasteiger charge is 2.20. The van der Waals surface area contributed by atoms with Crippen molar-refractivity contribution in [2.75, 3.05) is 0 Å². The Bertz CT molecular complexity index is 3200. The van der Waals surface area contributed by atoms with E-state index in [2.05, 4.69) is 173 Å². The van der Waals surface area contributed by atoms with Gasteiger partial charge in [0, 0.05) is 47.1 Å². The van der Waals surface area contributed by atoms with E-state index < -0.39 is 0 Å². The zero-order valence-electron chi connectivity index (χ0n) is 27.9. The third-order valence-corrected chi connectivity index (χ3v) is 12.1. The van der Waals surface area contributed by atoms with Crippen LogP contribution in [0, 0.1) is 0 Å². The highest BCUT2D eigenvalue weighted by molar-refractivity contribution is 7.25. The topological polar surface area (TPSA) is 23.0 Å². The van der Waals surface area contributed by atoms with E-state index in [1.807, 2.05) is 17.4 Å². The number of aromatic nitrogens is 2. The first-order valence-corrected chi connectivity index (χ1v) is 18.5. The molecular formula is C48H28N2OS. The first kappa shape index (κ1) is 28.1. The van der Waals surface area contributed by atoms with Gasteiger partial charge in [-0.15, -0.1) is 11.3 Å². The Hall–Kier alpha value is -6.62. The zero-order valence-corrected chi connectivity index (χ0v) is 28.7. The van der Waals surface area contributed by atoms with Crippen LogP contribution < -0.4 is 0 Å². The predicted octanol–water partition coefficient (Wildman–Crippen LogP) is 13.8. The highest BCUT2D eigenvalue weighted by Crippen LogP contribution is 2.43. The summed E-state index contributed by atoms with van der Waals surface area (Å²) < 4.78 is 13.8. The van der Waals surface area contributed by atoms with Crippen molar-refractivity contribution in [3.63, 3.8) is 0 Å². The smallest absolute Gasteiger partial charge is 0.137 e. The molecule has 242 valence electrons. The summed E-state index contributed by atoms with van der Waals surface area (Å²) in [4.78, 5) is 0. The van der Waals surface area contributed by atoms with Crippen LogP contribution in [-0.2, 0) is 0 Å². The van der Waals surface area contributed by atoms with Crippen LogP contribution in [0.4, 0.5) is 0 Å². The predicted molar refractivity (Wildman–Crippen MR) is 221 cm³/mol. The van der Waals surface area contributed by atoms with Crippen molar-refractivity contribution < 1.29 is 4.42 Å². The normalized spacial score (nSPS) is 12.2. The molecule has 0 atom stereocenters. The Morgan fingerprint density at radius 2 is 0.846 bits per heavy atom. The molecule has 52 heavy (non-hydrogen) atoms. The van der Waals surface area contributed by atoms with E-state index in [0.717, 1.165) is 27.6 Å². The Morgan fingerprint density at radius 3 is 1.54 bits per heavy atom. The first-order valence-electron chi connectivity index (χ1n) is 17.7. The molecule has 4 aromatic heterocycles. The van der Waals surface area contributed by atoms with Gasteiger partial charge in [-0.1, -0.05) is 97.1 Å². The van der Waals surface area contributed by atoms with Gasteiger partial charge in [0.25, 0.3) is 0 Å². The largest absolute Gasteiger partial charge is 0.456 e. The summed E-state index contributed by atoms with van der Waals surface area (Å²) in [5.41, 5.74) is 11.4. The summed E-state index contributed by atoms with van der Waals surface area (Å²) in [7, 11) is 0. The molecule has 0 amide bonds. The van der Waals surface area contributed by atoms with Crippen LogP contribution in [0.25, 0.3) is 108 Å². The maximum Gasteiger partial charge on any atom is 0.137 e. The third kappa shape index (κ3) is 3.79. The molecule has 4 heterocycles. The SMILES string of the molecule is c1ccc2c(c1)oc1cccc(-n3c4ccccc4c4cc(-c5ccc6c(c5)c5ccccc5n6-c5cccc6sc7ccccc7c56)ccc43)c12. The molecule has 0 spiro atoms. The van der Waals surface area contributed by atoms with Crippen LogP contribution in [0.5, 0.6) is 0 Å². The molecule has 0 aliphatic rings. The van der Waals surface area contributed by atoms with Gasteiger partial charge in [-0.2, -0.15) is 0 Å². The number of thiophene rings is 1. The molecule has 0 aliphatic heterocycles. The Kier molecular flexibility index (Phi) is 5.65. The van der Waals surface area contributed by atoms with Gasteiger partial charge in [0.1, 0.15) is 11.2 Å². The molecule has 0 N–H and O–H groups in total.